The molecule has 3 N–H and O–H groups in total. The van der Waals surface area contributed by atoms with Gasteiger partial charge in [0.15, 0.2) is 5.96 Å². The topological polar surface area (TPSA) is 80.0 Å². The number of carbonyl (C=O) groups is 1. The molecule has 0 radical (unpaired) electrons. The lowest BCUT2D eigenvalue weighted by atomic mass is 9.95. The number of hydrogen-bond acceptors (Lipinski definition) is 3. The number of amides is 1. The van der Waals surface area contributed by atoms with Crippen LogP contribution in [0.3, 0.4) is 0 Å². The first-order valence-electron chi connectivity index (χ1n) is 9.06. The molecule has 1 fully saturated rings. The van der Waals surface area contributed by atoms with Crippen molar-refractivity contribution in [3.63, 3.8) is 0 Å². The van der Waals surface area contributed by atoms with Gasteiger partial charge >= 0.3 is 0 Å². The predicted molar refractivity (Wildman–Crippen MR) is 116 cm³/mol. The van der Waals surface area contributed by atoms with Gasteiger partial charge in [-0.15, -0.1) is 24.0 Å². The lowest BCUT2D eigenvalue weighted by Gasteiger charge is -2.34. The number of nitrogens with two attached hydrogens (primary N) is 1. The summed E-state index contributed by atoms with van der Waals surface area (Å²) >= 11 is 0. The fourth-order valence-corrected chi connectivity index (χ4v) is 3.22. The molecule has 1 unspecified atom stereocenters. The number of halogens is 1. The Morgan fingerprint density at radius 1 is 1.38 bits per heavy atom. The van der Waals surface area contributed by atoms with Gasteiger partial charge in [0.1, 0.15) is 5.75 Å². The monoisotopic (exact) mass is 474 g/mol. The number of benzene rings is 1. The number of ether oxygens (including phenoxy) is 1. The van der Waals surface area contributed by atoms with Crippen LogP contribution in [0, 0.1) is 5.92 Å². The third kappa shape index (κ3) is 7.39. The molecule has 1 aromatic rings. The maximum absolute atomic E-state index is 11.2. The van der Waals surface area contributed by atoms with Crippen LogP contribution < -0.4 is 15.8 Å². The van der Waals surface area contributed by atoms with Crippen molar-refractivity contribution in [3.8, 4) is 5.75 Å². The summed E-state index contributed by atoms with van der Waals surface area (Å²) in [6.07, 6.45) is 3.48. The van der Waals surface area contributed by atoms with E-state index in [0.29, 0.717) is 12.3 Å². The van der Waals surface area contributed by atoms with Crippen molar-refractivity contribution in [1.82, 2.24) is 10.2 Å². The summed E-state index contributed by atoms with van der Waals surface area (Å²) in [5.74, 6) is 1.92. The molecule has 1 heterocycles. The number of piperidine rings is 1. The van der Waals surface area contributed by atoms with Gasteiger partial charge in [-0.25, -0.2) is 0 Å². The zero-order valence-corrected chi connectivity index (χ0v) is 18.1. The van der Waals surface area contributed by atoms with Crippen LogP contribution in [0.1, 0.15) is 31.7 Å². The summed E-state index contributed by atoms with van der Waals surface area (Å²) < 4.78 is 5.18. The number of carbonyl (C=O) groups excluding carboxylic acids is 1. The predicted octanol–water partition coefficient (Wildman–Crippen LogP) is 2.41. The molecule has 0 aromatic heterocycles. The molecule has 1 aliphatic heterocycles. The van der Waals surface area contributed by atoms with Crippen molar-refractivity contribution in [3.05, 3.63) is 29.8 Å². The second-order valence-corrected chi connectivity index (χ2v) is 6.46. The highest BCUT2D eigenvalue weighted by Crippen LogP contribution is 2.19. The average molecular weight is 474 g/mol. The second kappa shape index (κ2) is 12.0. The number of guanidine groups is 1. The maximum atomic E-state index is 11.2. The van der Waals surface area contributed by atoms with Crippen molar-refractivity contribution in [1.29, 1.82) is 0 Å². The Balaban J connectivity index is 0.00000338. The van der Waals surface area contributed by atoms with Crippen LogP contribution in [0.4, 0.5) is 0 Å². The third-order valence-corrected chi connectivity index (χ3v) is 4.46. The Labute approximate surface area is 173 Å². The lowest BCUT2D eigenvalue weighted by Crippen LogP contribution is -2.47. The van der Waals surface area contributed by atoms with Crippen molar-refractivity contribution < 1.29 is 9.53 Å². The van der Waals surface area contributed by atoms with E-state index < -0.39 is 0 Å². The van der Waals surface area contributed by atoms with E-state index in [4.69, 9.17) is 15.5 Å². The summed E-state index contributed by atoms with van der Waals surface area (Å²) in [6, 6.07) is 8.10. The van der Waals surface area contributed by atoms with Crippen LogP contribution >= 0.6 is 24.0 Å². The number of hydrogen-bond donors (Lipinski definition) is 2. The highest BCUT2D eigenvalue weighted by Gasteiger charge is 2.23. The molecule has 1 atom stereocenters. The van der Waals surface area contributed by atoms with Gasteiger partial charge < -0.3 is 20.7 Å². The molecular formula is C19H31IN4O2. The van der Waals surface area contributed by atoms with E-state index in [0.717, 1.165) is 57.2 Å². The molecular weight excluding hydrogens is 443 g/mol. The Morgan fingerprint density at radius 2 is 2.12 bits per heavy atom. The van der Waals surface area contributed by atoms with Gasteiger partial charge in [-0.1, -0.05) is 12.1 Å². The normalized spacial score (nSPS) is 17.4. The van der Waals surface area contributed by atoms with Crippen LogP contribution in [0.2, 0.25) is 0 Å². The van der Waals surface area contributed by atoms with E-state index in [-0.39, 0.29) is 29.9 Å². The van der Waals surface area contributed by atoms with Gasteiger partial charge in [-0.3, -0.25) is 9.79 Å². The van der Waals surface area contributed by atoms with Crippen molar-refractivity contribution >= 4 is 35.8 Å². The highest BCUT2D eigenvalue weighted by atomic mass is 127. The Hall–Kier alpha value is -1.51. The smallest absolute Gasteiger partial charge is 0.217 e. The molecule has 1 amide bonds. The molecule has 0 saturated carbocycles. The quantitative estimate of drug-likeness (QED) is 0.362. The molecule has 0 aliphatic carbocycles. The van der Waals surface area contributed by atoms with E-state index in [1.807, 2.05) is 12.1 Å². The molecule has 146 valence electrons. The van der Waals surface area contributed by atoms with Gasteiger partial charge in [0.05, 0.1) is 7.11 Å². The minimum Gasteiger partial charge on any atom is -0.497 e. The molecule has 0 bridgehead atoms. The third-order valence-electron chi connectivity index (χ3n) is 4.46. The molecule has 7 heteroatoms. The first-order valence-corrected chi connectivity index (χ1v) is 9.06. The largest absolute Gasteiger partial charge is 0.497 e. The van der Waals surface area contributed by atoms with Crippen molar-refractivity contribution in [2.75, 3.05) is 33.3 Å². The zero-order valence-electron chi connectivity index (χ0n) is 15.7. The Bertz CT molecular complexity index is 577. The SMILES string of the molecule is CCNC(=NCCc1ccc(OC)cc1)N1CCCC(CC(N)=O)C1.I. The van der Waals surface area contributed by atoms with Gasteiger partial charge in [-0.05, 0) is 49.8 Å². The highest BCUT2D eigenvalue weighted by molar-refractivity contribution is 14.0. The molecule has 1 aromatic carbocycles. The minimum absolute atomic E-state index is 0. The maximum Gasteiger partial charge on any atom is 0.217 e. The number of nitrogens with zero attached hydrogens (tertiary/aromatic N) is 2. The molecule has 6 nitrogen and oxygen atoms in total. The Morgan fingerprint density at radius 3 is 2.73 bits per heavy atom. The first kappa shape index (κ1) is 22.5. The summed E-state index contributed by atoms with van der Waals surface area (Å²) in [5, 5.41) is 3.37. The average Bonchev–Trinajstić information content (AvgIpc) is 2.61. The lowest BCUT2D eigenvalue weighted by molar-refractivity contribution is -0.119. The number of primary amides is 1. The molecule has 1 saturated heterocycles. The number of rotatable bonds is 7. The second-order valence-electron chi connectivity index (χ2n) is 6.46. The first-order chi connectivity index (χ1) is 12.1. The number of methoxy groups -OCH3 is 1. The van der Waals surface area contributed by atoms with Gasteiger partial charge in [0.25, 0.3) is 0 Å². The van der Waals surface area contributed by atoms with Crippen LogP contribution in [-0.4, -0.2) is 50.1 Å². The zero-order chi connectivity index (χ0) is 18.1. The summed E-state index contributed by atoms with van der Waals surface area (Å²) in [6.45, 7) is 5.45. The summed E-state index contributed by atoms with van der Waals surface area (Å²) in [4.78, 5) is 18.2. The van der Waals surface area contributed by atoms with E-state index in [2.05, 4.69) is 29.3 Å². The fourth-order valence-electron chi connectivity index (χ4n) is 3.22. The van der Waals surface area contributed by atoms with E-state index in [1.54, 1.807) is 7.11 Å². The number of likely N-dealkylation sites (tertiary alicyclic amines) is 1. The van der Waals surface area contributed by atoms with Crippen LogP contribution in [0.15, 0.2) is 29.3 Å². The van der Waals surface area contributed by atoms with Crippen LogP contribution in [-0.2, 0) is 11.2 Å². The molecule has 1 aliphatic rings. The fraction of sp³-hybridized carbons (Fsp3) is 0.579. The van der Waals surface area contributed by atoms with Gasteiger partial charge in [-0.2, -0.15) is 0 Å². The number of aliphatic imine (C=N–C) groups is 1. The van der Waals surface area contributed by atoms with Gasteiger partial charge in [0, 0.05) is 32.6 Å². The van der Waals surface area contributed by atoms with E-state index in [1.165, 1.54) is 5.56 Å². The minimum atomic E-state index is -0.215. The van der Waals surface area contributed by atoms with Crippen LogP contribution in [0.25, 0.3) is 0 Å². The molecule has 2 rings (SSSR count). The van der Waals surface area contributed by atoms with Gasteiger partial charge in [0.2, 0.25) is 5.91 Å². The standard InChI is InChI=1S/C19H30N4O2.HI/c1-3-21-19(23-12-4-5-16(14-23)13-18(20)24)22-11-10-15-6-8-17(25-2)9-7-15;/h6-9,16H,3-5,10-14H2,1-2H3,(H2,20,24)(H,21,22);1H. The molecule has 0 spiro atoms. The van der Waals surface area contributed by atoms with Crippen molar-refractivity contribution in [2.24, 2.45) is 16.6 Å². The van der Waals surface area contributed by atoms with E-state index >= 15 is 0 Å². The Kier molecular flexibility index (Phi) is 10.4. The van der Waals surface area contributed by atoms with Crippen LogP contribution in [0.5, 0.6) is 5.75 Å². The van der Waals surface area contributed by atoms with E-state index in [9.17, 15) is 4.79 Å². The molecule has 26 heavy (non-hydrogen) atoms. The summed E-state index contributed by atoms with van der Waals surface area (Å²) in [5.41, 5.74) is 6.60. The summed E-state index contributed by atoms with van der Waals surface area (Å²) in [7, 11) is 1.67. The van der Waals surface area contributed by atoms with Crippen molar-refractivity contribution in [2.45, 2.75) is 32.6 Å². The number of nitrogens with one attached hydrogen (secondary N) is 1.